The fraction of sp³-hybridized carbons (Fsp3) is 0.240. The molecule has 2 unspecified atom stereocenters. The molecule has 2 atom stereocenters. The van der Waals surface area contributed by atoms with Crippen LogP contribution in [0.4, 0.5) is 14.9 Å². The van der Waals surface area contributed by atoms with Crippen molar-refractivity contribution in [3.63, 3.8) is 0 Å². The second kappa shape index (κ2) is 9.78. The van der Waals surface area contributed by atoms with E-state index >= 15 is 0 Å². The number of cyclic esters (lactones) is 1. The van der Waals surface area contributed by atoms with Crippen molar-refractivity contribution >= 4 is 23.6 Å². The second-order valence-corrected chi connectivity index (χ2v) is 8.22. The first kappa shape index (κ1) is 23.0. The molecule has 1 aliphatic heterocycles. The first-order valence-electron chi connectivity index (χ1n) is 10.8. The largest absolute Gasteiger partial charge is 0.459 e. The van der Waals surface area contributed by atoms with E-state index in [1.807, 2.05) is 13.8 Å². The van der Waals surface area contributed by atoms with Gasteiger partial charge in [-0.3, -0.25) is 14.5 Å². The quantitative estimate of drug-likeness (QED) is 0.543. The normalized spacial score (nSPS) is 17.5. The van der Waals surface area contributed by atoms with Crippen molar-refractivity contribution in [2.45, 2.75) is 38.6 Å². The van der Waals surface area contributed by atoms with Gasteiger partial charge < -0.3 is 19.8 Å². The molecule has 4 rings (SSSR count). The number of hydrogen-bond donors (Lipinski definition) is 2. The molecule has 0 saturated carbocycles. The van der Waals surface area contributed by atoms with Crippen molar-refractivity contribution in [1.82, 2.24) is 10.2 Å². The van der Waals surface area contributed by atoms with Gasteiger partial charge in [-0.15, -0.1) is 0 Å². The van der Waals surface area contributed by atoms with E-state index < -0.39 is 30.0 Å². The Bertz CT molecular complexity index is 1180. The van der Waals surface area contributed by atoms with E-state index in [9.17, 15) is 18.8 Å². The van der Waals surface area contributed by atoms with Crippen LogP contribution in [0.2, 0.25) is 0 Å². The number of carbonyl (C=O) groups is 3. The maximum Gasteiger partial charge on any atom is 0.411 e. The topological polar surface area (TPSA) is 101 Å². The van der Waals surface area contributed by atoms with Crippen LogP contribution < -0.4 is 10.6 Å². The number of furan rings is 1. The van der Waals surface area contributed by atoms with Gasteiger partial charge in [0.15, 0.2) is 17.9 Å². The van der Waals surface area contributed by atoms with Gasteiger partial charge in [-0.2, -0.15) is 0 Å². The molecule has 3 amide bonds. The Morgan fingerprint density at radius 3 is 2.50 bits per heavy atom. The van der Waals surface area contributed by atoms with Crippen molar-refractivity contribution in [3.8, 4) is 0 Å². The van der Waals surface area contributed by atoms with E-state index in [0.717, 1.165) is 0 Å². The molecule has 0 spiro atoms. The highest BCUT2D eigenvalue weighted by molar-refractivity contribution is 6.02. The molecule has 0 radical (unpaired) electrons. The highest BCUT2D eigenvalue weighted by Crippen LogP contribution is 2.34. The SMILES string of the molecule is CC(C)NC(=O)C1C(c2ccc(NC(=O)c3ccco3)cc2)OC(=O)N1Cc1cccc(F)c1. The maximum absolute atomic E-state index is 13.7. The Morgan fingerprint density at radius 1 is 1.09 bits per heavy atom. The number of amides is 3. The number of benzene rings is 2. The average Bonchev–Trinajstić information content (AvgIpc) is 3.43. The van der Waals surface area contributed by atoms with Crippen molar-refractivity contribution in [2.24, 2.45) is 0 Å². The molecule has 34 heavy (non-hydrogen) atoms. The van der Waals surface area contributed by atoms with Crippen LogP contribution in [0.3, 0.4) is 0 Å². The van der Waals surface area contributed by atoms with Crippen LogP contribution in [0, 0.1) is 5.82 Å². The Balaban J connectivity index is 1.57. The van der Waals surface area contributed by atoms with Gasteiger partial charge in [0.05, 0.1) is 12.8 Å². The molecule has 3 aromatic rings. The maximum atomic E-state index is 13.7. The third-order valence-corrected chi connectivity index (χ3v) is 5.27. The molecule has 9 heteroatoms. The molecule has 8 nitrogen and oxygen atoms in total. The zero-order chi connectivity index (χ0) is 24.2. The lowest BCUT2D eigenvalue weighted by molar-refractivity contribution is -0.126. The zero-order valence-electron chi connectivity index (χ0n) is 18.7. The van der Waals surface area contributed by atoms with Crippen LogP contribution in [0.1, 0.15) is 41.6 Å². The van der Waals surface area contributed by atoms with E-state index in [1.165, 1.54) is 23.3 Å². The summed E-state index contributed by atoms with van der Waals surface area (Å²) in [4.78, 5) is 39.3. The monoisotopic (exact) mass is 465 g/mol. The molecular weight excluding hydrogens is 441 g/mol. The minimum absolute atomic E-state index is 0.0144. The average molecular weight is 465 g/mol. The number of halogens is 1. The first-order valence-corrected chi connectivity index (χ1v) is 10.8. The molecule has 2 heterocycles. The fourth-order valence-corrected chi connectivity index (χ4v) is 3.77. The standard InChI is InChI=1S/C25H24FN3O5/c1-15(2)27-24(31)21-22(34-25(32)29(21)14-16-5-3-6-18(26)13-16)17-8-10-19(11-9-17)28-23(30)20-7-4-12-33-20/h3-13,15,21-22H,14H2,1-2H3,(H,27,31)(H,28,30). The summed E-state index contributed by atoms with van der Waals surface area (Å²) in [6.45, 7) is 3.65. The Morgan fingerprint density at radius 2 is 1.85 bits per heavy atom. The van der Waals surface area contributed by atoms with Crippen molar-refractivity contribution < 1.29 is 27.9 Å². The predicted molar refractivity (Wildman–Crippen MR) is 121 cm³/mol. The predicted octanol–water partition coefficient (Wildman–Crippen LogP) is 4.26. The van der Waals surface area contributed by atoms with Crippen LogP contribution >= 0.6 is 0 Å². The molecular formula is C25H24FN3O5. The van der Waals surface area contributed by atoms with Crippen LogP contribution in [0.15, 0.2) is 71.3 Å². The summed E-state index contributed by atoms with van der Waals surface area (Å²) in [7, 11) is 0. The van der Waals surface area contributed by atoms with Gasteiger partial charge >= 0.3 is 6.09 Å². The highest BCUT2D eigenvalue weighted by Gasteiger charge is 2.47. The Labute approximate surface area is 195 Å². The number of hydrogen-bond acceptors (Lipinski definition) is 5. The van der Waals surface area contributed by atoms with Gasteiger partial charge in [-0.1, -0.05) is 24.3 Å². The molecule has 2 N–H and O–H groups in total. The van der Waals surface area contributed by atoms with Gasteiger partial charge in [0.25, 0.3) is 5.91 Å². The van der Waals surface area contributed by atoms with Crippen LogP contribution in [-0.2, 0) is 16.1 Å². The van der Waals surface area contributed by atoms with Crippen molar-refractivity contribution in [1.29, 1.82) is 0 Å². The first-order chi connectivity index (χ1) is 16.3. The lowest BCUT2D eigenvalue weighted by Crippen LogP contribution is -2.48. The molecule has 0 bridgehead atoms. The number of rotatable bonds is 7. The molecule has 1 aromatic heterocycles. The van der Waals surface area contributed by atoms with Crippen LogP contribution in [0.5, 0.6) is 0 Å². The van der Waals surface area contributed by atoms with Crippen molar-refractivity contribution in [3.05, 3.63) is 89.6 Å². The summed E-state index contributed by atoms with van der Waals surface area (Å²) < 4.78 is 24.3. The van der Waals surface area contributed by atoms with Gasteiger partial charge in [-0.05, 0) is 61.4 Å². The van der Waals surface area contributed by atoms with E-state index in [0.29, 0.717) is 16.8 Å². The van der Waals surface area contributed by atoms with Gasteiger partial charge in [0, 0.05) is 11.7 Å². The molecule has 2 aromatic carbocycles. The number of anilines is 1. The van der Waals surface area contributed by atoms with Gasteiger partial charge in [-0.25, -0.2) is 9.18 Å². The smallest absolute Gasteiger partial charge is 0.411 e. The number of carbonyl (C=O) groups excluding carboxylic acids is 3. The third-order valence-electron chi connectivity index (χ3n) is 5.27. The fourth-order valence-electron chi connectivity index (χ4n) is 3.77. The number of nitrogens with zero attached hydrogens (tertiary/aromatic N) is 1. The minimum Gasteiger partial charge on any atom is -0.459 e. The molecule has 176 valence electrons. The summed E-state index contributed by atoms with van der Waals surface area (Å²) in [6, 6.07) is 14.6. The number of nitrogens with one attached hydrogen (secondary N) is 2. The second-order valence-electron chi connectivity index (χ2n) is 8.22. The Hall–Kier alpha value is -4.14. The Kier molecular flexibility index (Phi) is 6.62. The summed E-state index contributed by atoms with van der Waals surface area (Å²) in [5.74, 6) is -1.04. The summed E-state index contributed by atoms with van der Waals surface area (Å²) in [6.07, 6.45) is -0.146. The van der Waals surface area contributed by atoms with E-state index in [2.05, 4.69) is 10.6 Å². The van der Waals surface area contributed by atoms with Gasteiger partial charge in [0.2, 0.25) is 5.91 Å². The molecule has 1 aliphatic rings. The summed E-state index contributed by atoms with van der Waals surface area (Å²) in [5, 5.41) is 5.54. The van der Waals surface area contributed by atoms with Crippen molar-refractivity contribution in [2.75, 3.05) is 5.32 Å². The van der Waals surface area contributed by atoms with Crippen LogP contribution in [-0.4, -0.2) is 34.9 Å². The third kappa shape index (κ3) is 5.09. The van der Waals surface area contributed by atoms with E-state index in [-0.39, 0.29) is 24.3 Å². The van der Waals surface area contributed by atoms with Gasteiger partial charge in [0.1, 0.15) is 5.82 Å². The molecule has 0 aliphatic carbocycles. The summed E-state index contributed by atoms with van der Waals surface area (Å²) in [5.41, 5.74) is 1.63. The molecule has 1 fully saturated rings. The lowest BCUT2D eigenvalue weighted by atomic mass is 10.00. The van der Waals surface area contributed by atoms with E-state index in [1.54, 1.807) is 48.5 Å². The lowest BCUT2D eigenvalue weighted by Gasteiger charge is -2.25. The van der Waals surface area contributed by atoms with E-state index in [4.69, 9.17) is 9.15 Å². The van der Waals surface area contributed by atoms with Crippen LogP contribution in [0.25, 0.3) is 0 Å². The minimum atomic E-state index is -0.957. The molecule has 1 saturated heterocycles. The number of ether oxygens (including phenoxy) is 1. The summed E-state index contributed by atoms with van der Waals surface area (Å²) >= 11 is 0. The zero-order valence-corrected chi connectivity index (χ0v) is 18.7. The highest BCUT2D eigenvalue weighted by atomic mass is 19.1.